The molecule has 1 heterocycles. The maximum Gasteiger partial charge on any atom is 0.130 e. The number of nitrogens with zero attached hydrogens (tertiary/aromatic N) is 1. The Morgan fingerprint density at radius 2 is 2.17 bits per heavy atom. The third kappa shape index (κ3) is 2.82. The van der Waals surface area contributed by atoms with Crippen LogP contribution in [0.2, 0.25) is 0 Å². The van der Waals surface area contributed by atoms with Gasteiger partial charge in [-0.05, 0) is 38.5 Å². The van der Waals surface area contributed by atoms with Gasteiger partial charge in [0.25, 0.3) is 0 Å². The van der Waals surface area contributed by atoms with Gasteiger partial charge in [-0.2, -0.15) is 0 Å². The van der Waals surface area contributed by atoms with Crippen LogP contribution in [0.4, 0.5) is 0 Å². The Bertz CT molecular complexity index is 601. The number of ether oxygens (including phenoxy) is 1. The van der Waals surface area contributed by atoms with Gasteiger partial charge in [-0.15, -0.1) is 0 Å². The number of para-hydroxylation sites is 1. The molecule has 0 aliphatic heterocycles. The average molecular weight is 262 g/mol. The van der Waals surface area contributed by atoms with Crippen LogP contribution in [-0.4, -0.2) is 11.6 Å². The summed E-state index contributed by atoms with van der Waals surface area (Å²) >= 11 is 5.79. The fraction of sp³-hybridized carbons (Fsp3) is 0.267. The van der Waals surface area contributed by atoms with Crippen LogP contribution >= 0.6 is 11.6 Å². The molecule has 3 heteroatoms. The van der Waals surface area contributed by atoms with Crippen LogP contribution in [0, 0.1) is 13.8 Å². The summed E-state index contributed by atoms with van der Waals surface area (Å²) < 4.78 is 5.77. The number of hydrogen-bond donors (Lipinski definition) is 0. The number of rotatable bonds is 3. The Labute approximate surface area is 112 Å². The second kappa shape index (κ2) is 5.40. The average Bonchev–Trinajstić information content (AvgIpc) is 2.30. The van der Waals surface area contributed by atoms with Crippen molar-refractivity contribution in [3.8, 4) is 5.75 Å². The van der Waals surface area contributed by atoms with Crippen molar-refractivity contribution in [3.63, 3.8) is 0 Å². The van der Waals surface area contributed by atoms with Gasteiger partial charge in [-0.3, -0.25) is 4.98 Å². The van der Waals surface area contributed by atoms with Crippen LogP contribution in [0.3, 0.4) is 0 Å². The summed E-state index contributed by atoms with van der Waals surface area (Å²) in [4.78, 5) is 4.56. The Morgan fingerprint density at radius 1 is 1.39 bits per heavy atom. The lowest BCUT2D eigenvalue weighted by atomic mass is 10.1. The van der Waals surface area contributed by atoms with Crippen molar-refractivity contribution in [2.24, 2.45) is 0 Å². The van der Waals surface area contributed by atoms with Gasteiger partial charge in [0.05, 0.1) is 5.52 Å². The van der Waals surface area contributed by atoms with Crippen molar-refractivity contribution in [1.82, 2.24) is 4.98 Å². The van der Waals surface area contributed by atoms with Crippen LogP contribution in [0.1, 0.15) is 18.2 Å². The van der Waals surface area contributed by atoms with Crippen LogP contribution in [0.5, 0.6) is 5.75 Å². The molecule has 1 aromatic heterocycles. The highest BCUT2D eigenvalue weighted by molar-refractivity contribution is 6.29. The van der Waals surface area contributed by atoms with E-state index in [0.717, 1.165) is 32.9 Å². The Morgan fingerprint density at radius 3 is 2.89 bits per heavy atom. The van der Waals surface area contributed by atoms with E-state index in [-0.39, 0.29) is 0 Å². The van der Waals surface area contributed by atoms with Gasteiger partial charge in [0.15, 0.2) is 0 Å². The first kappa shape index (κ1) is 12.9. The molecule has 0 amide bonds. The van der Waals surface area contributed by atoms with Crippen molar-refractivity contribution in [2.75, 3.05) is 6.61 Å². The van der Waals surface area contributed by atoms with E-state index >= 15 is 0 Å². The molecular formula is C15H16ClNO. The fourth-order valence-electron chi connectivity index (χ4n) is 1.85. The third-order valence-electron chi connectivity index (χ3n) is 2.73. The molecule has 18 heavy (non-hydrogen) atoms. The number of halogens is 1. The van der Waals surface area contributed by atoms with E-state index < -0.39 is 0 Å². The van der Waals surface area contributed by atoms with Crippen molar-refractivity contribution >= 4 is 22.5 Å². The summed E-state index contributed by atoms with van der Waals surface area (Å²) in [6, 6.07) is 8.06. The van der Waals surface area contributed by atoms with Crippen LogP contribution in [0.25, 0.3) is 10.9 Å². The highest BCUT2D eigenvalue weighted by Gasteiger charge is 2.06. The van der Waals surface area contributed by atoms with Crippen molar-refractivity contribution < 1.29 is 4.74 Å². The SMILES string of the molecule is C/C(Cl)=C/COc1cc(C)nc2c(C)cccc12. The number of pyridine rings is 1. The van der Waals surface area contributed by atoms with Crippen molar-refractivity contribution in [3.05, 3.63) is 46.6 Å². The zero-order valence-electron chi connectivity index (χ0n) is 10.8. The monoisotopic (exact) mass is 261 g/mol. The molecule has 0 saturated heterocycles. The lowest BCUT2D eigenvalue weighted by Gasteiger charge is -2.10. The fourth-order valence-corrected chi connectivity index (χ4v) is 1.91. The molecular weight excluding hydrogens is 246 g/mol. The highest BCUT2D eigenvalue weighted by Crippen LogP contribution is 2.27. The van der Waals surface area contributed by atoms with E-state index in [1.54, 1.807) is 0 Å². The zero-order valence-corrected chi connectivity index (χ0v) is 11.6. The molecule has 94 valence electrons. The van der Waals surface area contributed by atoms with E-state index in [0.29, 0.717) is 6.61 Å². The van der Waals surface area contributed by atoms with Crippen LogP contribution < -0.4 is 4.74 Å². The summed E-state index contributed by atoms with van der Waals surface area (Å²) in [7, 11) is 0. The van der Waals surface area contributed by atoms with E-state index in [2.05, 4.69) is 18.0 Å². The second-order valence-corrected chi connectivity index (χ2v) is 4.93. The molecule has 2 aromatic rings. The standard InChI is InChI=1S/C15H16ClNO/c1-10-5-4-6-13-14(18-8-7-11(2)16)9-12(3)17-15(10)13/h4-7,9H,8H2,1-3H3/b11-7-. The molecule has 0 N–H and O–H groups in total. The molecule has 0 bridgehead atoms. The Hall–Kier alpha value is -1.54. The molecule has 0 aliphatic carbocycles. The van der Waals surface area contributed by atoms with Crippen LogP contribution in [-0.2, 0) is 0 Å². The molecule has 0 unspecified atom stereocenters. The van der Waals surface area contributed by atoms with Gasteiger partial charge in [0.1, 0.15) is 12.4 Å². The number of benzene rings is 1. The lowest BCUT2D eigenvalue weighted by molar-refractivity contribution is 0.366. The molecule has 0 atom stereocenters. The molecule has 1 aromatic carbocycles. The predicted octanol–water partition coefficient (Wildman–Crippen LogP) is 4.37. The summed E-state index contributed by atoms with van der Waals surface area (Å²) in [5.41, 5.74) is 3.11. The molecule has 2 rings (SSSR count). The van der Waals surface area contributed by atoms with Crippen molar-refractivity contribution in [2.45, 2.75) is 20.8 Å². The van der Waals surface area contributed by atoms with Gasteiger partial charge in [0, 0.05) is 22.2 Å². The van der Waals surface area contributed by atoms with Crippen LogP contribution in [0.15, 0.2) is 35.4 Å². The maximum absolute atomic E-state index is 5.79. The minimum atomic E-state index is 0.474. The van der Waals surface area contributed by atoms with Gasteiger partial charge in [-0.25, -0.2) is 0 Å². The number of aromatic nitrogens is 1. The van der Waals surface area contributed by atoms with Crippen molar-refractivity contribution in [1.29, 1.82) is 0 Å². The highest BCUT2D eigenvalue weighted by atomic mass is 35.5. The summed E-state index contributed by atoms with van der Waals surface area (Å²) in [5.74, 6) is 0.857. The first-order valence-corrected chi connectivity index (χ1v) is 6.28. The largest absolute Gasteiger partial charge is 0.489 e. The molecule has 0 saturated carbocycles. The normalized spacial score (nSPS) is 11.9. The van der Waals surface area contributed by atoms with E-state index in [1.807, 2.05) is 38.1 Å². The summed E-state index contributed by atoms with van der Waals surface area (Å²) in [6.45, 7) is 6.34. The number of aryl methyl sites for hydroxylation is 2. The number of allylic oxidation sites excluding steroid dienone is 1. The van der Waals surface area contributed by atoms with Gasteiger partial charge >= 0.3 is 0 Å². The van der Waals surface area contributed by atoms with Gasteiger partial charge in [-0.1, -0.05) is 23.7 Å². The topological polar surface area (TPSA) is 22.1 Å². The van der Waals surface area contributed by atoms with E-state index in [9.17, 15) is 0 Å². The van der Waals surface area contributed by atoms with E-state index in [1.165, 1.54) is 0 Å². The predicted molar refractivity (Wildman–Crippen MR) is 76.3 cm³/mol. The smallest absolute Gasteiger partial charge is 0.130 e. The Kier molecular flexibility index (Phi) is 3.87. The second-order valence-electron chi connectivity index (χ2n) is 4.33. The molecule has 0 spiro atoms. The lowest BCUT2D eigenvalue weighted by Crippen LogP contribution is -1.97. The van der Waals surface area contributed by atoms with E-state index in [4.69, 9.17) is 16.3 Å². The molecule has 0 radical (unpaired) electrons. The third-order valence-corrected chi connectivity index (χ3v) is 2.89. The van der Waals surface area contributed by atoms with Gasteiger partial charge in [0.2, 0.25) is 0 Å². The molecule has 0 aliphatic rings. The first-order chi connectivity index (χ1) is 8.58. The summed E-state index contributed by atoms with van der Waals surface area (Å²) in [5, 5.41) is 1.78. The summed E-state index contributed by atoms with van der Waals surface area (Å²) in [6.07, 6.45) is 1.85. The quantitative estimate of drug-likeness (QED) is 0.818. The minimum absolute atomic E-state index is 0.474. The molecule has 0 fully saturated rings. The molecule has 2 nitrogen and oxygen atoms in total. The zero-order chi connectivity index (χ0) is 13.1. The Balaban J connectivity index is 2.43. The number of hydrogen-bond acceptors (Lipinski definition) is 2. The first-order valence-electron chi connectivity index (χ1n) is 5.90. The number of fused-ring (bicyclic) bond motifs is 1. The maximum atomic E-state index is 5.79. The minimum Gasteiger partial charge on any atom is -0.489 e. The van der Waals surface area contributed by atoms with Gasteiger partial charge < -0.3 is 4.74 Å².